The van der Waals surface area contributed by atoms with Crippen molar-refractivity contribution >= 4 is 21.5 Å². The highest BCUT2D eigenvalue weighted by Crippen LogP contribution is 2.74. The van der Waals surface area contributed by atoms with E-state index in [9.17, 15) is 0 Å². The van der Waals surface area contributed by atoms with Gasteiger partial charge >= 0.3 is 0 Å². The topological polar surface area (TPSA) is 0 Å². The van der Waals surface area contributed by atoms with E-state index < -0.39 is 0 Å². The SMILES string of the molecule is Cc1c2c3c4c(c1C)c(C)c(C)c1c(C)c(C)c5c(c14)C3(C)C(C)(C(C)C2C)C(C)C5C. The minimum Gasteiger partial charge on any atom is -0.0614 e. The van der Waals surface area contributed by atoms with Crippen LogP contribution in [0.15, 0.2) is 0 Å². The lowest BCUT2D eigenvalue weighted by Crippen LogP contribution is -2.58. The minimum atomic E-state index is 0.0888. The largest absolute Gasteiger partial charge is 0.0614 e. The molecule has 0 N–H and O–H groups in total. The molecule has 0 saturated heterocycles. The molecule has 0 bridgehead atoms. The molecule has 0 heterocycles. The third-order valence-corrected chi connectivity index (χ3v) is 12.2. The summed E-state index contributed by atoms with van der Waals surface area (Å²) in [5.74, 6) is 2.48. The fraction of sp³-hybridized carbons (Fsp3) is 0.562. The van der Waals surface area contributed by atoms with Gasteiger partial charge < -0.3 is 0 Å². The molecule has 3 aliphatic rings. The summed E-state index contributed by atoms with van der Waals surface area (Å²) in [5, 5.41) is 6.40. The number of benzene rings is 3. The van der Waals surface area contributed by atoms with Gasteiger partial charge in [0.1, 0.15) is 0 Å². The first kappa shape index (κ1) is 20.8. The monoisotopic (exact) mass is 424 g/mol. The van der Waals surface area contributed by atoms with Crippen molar-refractivity contribution in [1.29, 1.82) is 0 Å². The zero-order chi connectivity index (χ0) is 23.4. The molecule has 0 saturated carbocycles. The normalized spacial score (nSPS) is 34.5. The second-order valence-corrected chi connectivity index (χ2v) is 12.4. The molecule has 3 aromatic carbocycles. The summed E-state index contributed by atoms with van der Waals surface area (Å²) in [5.41, 5.74) is 16.3. The molecule has 0 nitrogen and oxygen atoms in total. The number of aryl methyl sites for hydroxylation is 4. The summed E-state index contributed by atoms with van der Waals surface area (Å²) in [6.07, 6.45) is 0. The van der Waals surface area contributed by atoms with Gasteiger partial charge in [-0.15, -0.1) is 0 Å². The maximum Gasteiger partial charge on any atom is 0.0252 e. The number of rotatable bonds is 0. The van der Waals surface area contributed by atoms with E-state index >= 15 is 0 Å². The molecule has 0 radical (unpaired) electrons. The van der Waals surface area contributed by atoms with Gasteiger partial charge in [0.15, 0.2) is 0 Å². The average Bonchev–Trinajstić information content (AvgIpc) is 3.01. The molecule has 4 unspecified atom stereocenters. The standard InChI is InChI=1S/C32H40/c1-13-14(2)24-16(4)18(6)26-20(8)22(10)31(11)21(9)19(7)25-17(5)15(3)23(13)27-28(24)30(26)32(31,12)29(25)27/h19-22H,1-12H3. The molecule has 6 rings (SSSR count). The first-order valence-electron chi connectivity index (χ1n) is 12.9. The third-order valence-electron chi connectivity index (χ3n) is 12.2. The predicted molar refractivity (Wildman–Crippen MR) is 140 cm³/mol. The lowest BCUT2D eigenvalue weighted by Gasteiger charge is -2.63. The molecule has 0 aliphatic heterocycles. The van der Waals surface area contributed by atoms with Crippen molar-refractivity contribution in [3.63, 3.8) is 0 Å². The van der Waals surface area contributed by atoms with Crippen LogP contribution >= 0.6 is 0 Å². The Morgan fingerprint density at radius 1 is 0.469 bits per heavy atom. The van der Waals surface area contributed by atoms with Crippen LogP contribution in [0, 0.1) is 58.8 Å². The molecule has 3 aliphatic carbocycles. The van der Waals surface area contributed by atoms with E-state index in [0.29, 0.717) is 23.7 Å². The number of hydrogen-bond acceptors (Lipinski definition) is 0. The van der Waals surface area contributed by atoms with Crippen LogP contribution in [0.1, 0.15) is 109 Å². The predicted octanol–water partition coefficient (Wildman–Crippen LogP) is 8.98. The van der Waals surface area contributed by atoms with Gasteiger partial charge in [0.05, 0.1) is 0 Å². The quantitative estimate of drug-likeness (QED) is 0.316. The van der Waals surface area contributed by atoms with E-state index in [-0.39, 0.29) is 10.8 Å². The van der Waals surface area contributed by atoms with Crippen LogP contribution in [0.4, 0.5) is 0 Å². The van der Waals surface area contributed by atoms with Crippen LogP contribution in [-0.2, 0) is 5.41 Å². The van der Waals surface area contributed by atoms with Crippen molar-refractivity contribution in [2.45, 2.75) is 100 Å². The maximum atomic E-state index is 2.66. The van der Waals surface area contributed by atoms with Crippen molar-refractivity contribution in [2.75, 3.05) is 0 Å². The molecular weight excluding hydrogens is 384 g/mol. The average molecular weight is 425 g/mol. The molecule has 4 atom stereocenters. The Kier molecular flexibility index (Phi) is 3.65. The van der Waals surface area contributed by atoms with Gasteiger partial charge in [0.2, 0.25) is 0 Å². The Bertz CT molecular complexity index is 1310. The van der Waals surface area contributed by atoms with Crippen molar-refractivity contribution < 1.29 is 0 Å². The second-order valence-electron chi connectivity index (χ2n) is 12.4. The van der Waals surface area contributed by atoms with Gasteiger partial charge in [0.25, 0.3) is 0 Å². The van der Waals surface area contributed by atoms with E-state index in [1.54, 1.807) is 54.9 Å². The highest BCUT2D eigenvalue weighted by molar-refractivity contribution is 6.20. The van der Waals surface area contributed by atoms with E-state index in [1.807, 2.05) is 0 Å². The molecule has 0 aromatic heterocycles. The summed E-state index contributed by atoms with van der Waals surface area (Å²) in [6, 6.07) is 0. The highest BCUT2D eigenvalue weighted by Gasteiger charge is 2.65. The summed E-state index contributed by atoms with van der Waals surface area (Å²) >= 11 is 0. The molecule has 32 heavy (non-hydrogen) atoms. The van der Waals surface area contributed by atoms with Crippen LogP contribution in [0.5, 0.6) is 0 Å². The second kappa shape index (κ2) is 5.63. The Labute approximate surface area is 194 Å². The van der Waals surface area contributed by atoms with E-state index in [2.05, 4.69) is 83.1 Å². The first-order chi connectivity index (χ1) is 14.8. The summed E-state index contributed by atoms with van der Waals surface area (Å²) in [4.78, 5) is 0. The van der Waals surface area contributed by atoms with Gasteiger partial charge in [0, 0.05) is 5.41 Å². The van der Waals surface area contributed by atoms with Crippen LogP contribution < -0.4 is 0 Å². The Hall–Kier alpha value is -1.82. The number of hydrogen-bond donors (Lipinski definition) is 0. The van der Waals surface area contributed by atoms with Crippen molar-refractivity contribution in [1.82, 2.24) is 0 Å². The molecule has 0 spiro atoms. The molecule has 3 aromatic rings. The summed E-state index contributed by atoms with van der Waals surface area (Å²) in [6.45, 7) is 29.9. The van der Waals surface area contributed by atoms with Gasteiger partial charge in [-0.1, -0.05) is 41.5 Å². The fourth-order valence-electron chi connectivity index (χ4n) is 9.57. The Balaban J connectivity index is 2.07. The van der Waals surface area contributed by atoms with Crippen LogP contribution in [0.25, 0.3) is 21.5 Å². The summed E-state index contributed by atoms with van der Waals surface area (Å²) < 4.78 is 0. The molecule has 0 amide bonds. The fourth-order valence-corrected chi connectivity index (χ4v) is 9.57. The van der Waals surface area contributed by atoms with Gasteiger partial charge in [-0.3, -0.25) is 0 Å². The van der Waals surface area contributed by atoms with Gasteiger partial charge in [-0.05, 0) is 148 Å². The zero-order valence-electron chi connectivity index (χ0n) is 22.3. The Morgan fingerprint density at radius 2 is 0.781 bits per heavy atom. The summed E-state index contributed by atoms with van der Waals surface area (Å²) in [7, 11) is 0. The van der Waals surface area contributed by atoms with E-state index in [1.165, 1.54) is 22.3 Å². The van der Waals surface area contributed by atoms with Crippen LogP contribution in [0.2, 0.25) is 0 Å². The van der Waals surface area contributed by atoms with E-state index in [4.69, 9.17) is 0 Å². The smallest absolute Gasteiger partial charge is 0.0252 e. The third kappa shape index (κ3) is 1.68. The van der Waals surface area contributed by atoms with Crippen LogP contribution in [0.3, 0.4) is 0 Å². The molecule has 168 valence electrons. The van der Waals surface area contributed by atoms with Crippen molar-refractivity contribution in [2.24, 2.45) is 17.3 Å². The molecular formula is C32H40. The lowest BCUT2D eigenvalue weighted by atomic mass is 9.40. The molecule has 0 fully saturated rings. The Morgan fingerprint density at radius 3 is 1.12 bits per heavy atom. The van der Waals surface area contributed by atoms with Crippen molar-refractivity contribution in [3.8, 4) is 0 Å². The van der Waals surface area contributed by atoms with E-state index in [0.717, 1.165) is 0 Å². The maximum absolute atomic E-state index is 2.66. The van der Waals surface area contributed by atoms with Crippen LogP contribution in [-0.4, -0.2) is 0 Å². The highest BCUT2D eigenvalue weighted by atomic mass is 14.7. The van der Waals surface area contributed by atoms with Gasteiger partial charge in [-0.2, -0.15) is 0 Å². The minimum absolute atomic E-state index is 0.0888. The van der Waals surface area contributed by atoms with Crippen molar-refractivity contribution in [3.05, 3.63) is 55.6 Å². The van der Waals surface area contributed by atoms with Gasteiger partial charge in [-0.25, -0.2) is 0 Å². The molecule has 0 heteroatoms. The first-order valence-corrected chi connectivity index (χ1v) is 12.9. The lowest BCUT2D eigenvalue weighted by molar-refractivity contribution is -0.00763. The zero-order valence-corrected chi connectivity index (χ0v) is 22.3.